The number of aryl methyl sites for hydroxylation is 1. The van der Waals surface area contributed by atoms with Crippen molar-refractivity contribution in [2.75, 3.05) is 23.0 Å². The Balaban J connectivity index is 1.81. The lowest BCUT2D eigenvalue weighted by molar-refractivity contribution is -0.115. The van der Waals surface area contributed by atoms with E-state index in [0.29, 0.717) is 12.3 Å². The molecule has 2 aromatic carbocycles. The van der Waals surface area contributed by atoms with E-state index in [1.165, 1.54) is 11.8 Å². The third-order valence-corrected chi connectivity index (χ3v) is 5.29. The summed E-state index contributed by atoms with van der Waals surface area (Å²) in [4.78, 5) is 24.5. The Hall–Kier alpha value is -2.47. The van der Waals surface area contributed by atoms with Crippen LogP contribution in [0.2, 0.25) is 0 Å². The molecule has 0 aliphatic carbocycles. The highest BCUT2D eigenvalue weighted by atomic mass is 32.2. The van der Waals surface area contributed by atoms with Gasteiger partial charge in [-0.2, -0.15) is 0 Å². The van der Waals surface area contributed by atoms with Crippen LogP contribution in [0.1, 0.15) is 25.0 Å². The van der Waals surface area contributed by atoms with Crippen molar-refractivity contribution in [2.24, 2.45) is 0 Å². The molecular weight excluding hydrogens is 360 g/mol. The second-order valence-electron chi connectivity index (χ2n) is 6.20. The second kappa shape index (κ2) is 10.0. The molecule has 6 heteroatoms. The summed E-state index contributed by atoms with van der Waals surface area (Å²) in [5.41, 5.74) is 3.70. The zero-order valence-electron chi connectivity index (χ0n) is 16.2. The molecule has 0 aliphatic rings. The Kier molecular flexibility index (Phi) is 7.73. The van der Waals surface area contributed by atoms with Crippen LogP contribution in [-0.2, 0) is 9.59 Å². The van der Waals surface area contributed by atoms with Crippen molar-refractivity contribution in [3.8, 4) is 5.75 Å². The molecule has 2 amide bonds. The van der Waals surface area contributed by atoms with Gasteiger partial charge in [0, 0.05) is 11.4 Å². The third-order valence-electron chi connectivity index (χ3n) is 4.15. The zero-order valence-corrected chi connectivity index (χ0v) is 17.0. The molecule has 5 nitrogen and oxygen atoms in total. The number of anilines is 2. The van der Waals surface area contributed by atoms with E-state index in [1.807, 2.05) is 51.1 Å². The standard InChI is InChI=1S/C21H26N2O3S/c1-5-26-18-11-9-17(10-12-18)22-20(24)13-27-16(4)21(25)23-19-8-6-7-14(2)15(19)3/h6-12,16H,5,13H2,1-4H3,(H,22,24)(H,23,25)/t16-/m1/s1. The first-order valence-electron chi connectivity index (χ1n) is 8.92. The average molecular weight is 387 g/mol. The van der Waals surface area contributed by atoms with Gasteiger partial charge in [0.05, 0.1) is 17.6 Å². The van der Waals surface area contributed by atoms with Gasteiger partial charge in [0.25, 0.3) is 0 Å². The first-order chi connectivity index (χ1) is 12.9. The molecule has 2 aromatic rings. The monoisotopic (exact) mass is 386 g/mol. The summed E-state index contributed by atoms with van der Waals surface area (Å²) in [6.07, 6.45) is 0. The number of amides is 2. The molecule has 0 fully saturated rings. The van der Waals surface area contributed by atoms with Crippen molar-refractivity contribution in [1.82, 2.24) is 0 Å². The van der Waals surface area contributed by atoms with E-state index in [1.54, 1.807) is 19.1 Å². The van der Waals surface area contributed by atoms with E-state index in [-0.39, 0.29) is 22.8 Å². The molecule has 0 aromatic heterocycles. The first-order valence-corrected chi connectivity index (χ1v) is 9.97. The molecule has 0 radical (unpaired) electrons. The van der Waals surface area contributed by atoms with Gasteiger partial charge >= 0.3 is 0 Å². The number of hydrogen-bond acceptors (Lipinski definition) is 4. The number of carbonyl (C=O) groups is 2. The first kappa shape index (κ1) is 20.8. The molecule has 0 unspecified atom stereocenters. The fourth-order valence-corrected chi connectivity index (χ4v) is 3.08. The lowest BCUT2D eigenvalue weighted by Gasteiger charge is -2.14. The number of carbonyl (C=O) groups excluding carboxylic acids is 2. The van der Waals surface area contributed by atoms with Crippen LogP contribution in [0.4, 0.5) is 11.4 Å². The molecule has 0 spiro atoms. The number of rotatable bonds is 8. The number of thioether (sulfide) groups is 1. The van der Waals surface area contributed by atoms with E-state index < -0.39 is 0 Å². The molecule has 1 atom stereocenters. The summed E-state index contributed by atoms with van der Waals surface area (Å²) in [5, 5.41) is 5.42. The fourth-order valence-electron chi connectivity index (χ4n) is 2.40. The van der Waals surface area contributed by atoms with Gasteiger partial charge in [0.2, 0.25) is 11.8 Å². The summed E-state index contributed by atoms with van der Waals surface area (Å²) in [5.74, 6) is 0.717. The highest BCUT2D eigenvalue weighted by Gasteiger charge is 2.16. The van der Waals surface area contributed by atoms with Gasteiger partial charge in [-0.1, -0.05) is 12.1 Å². The van der Waals surface area contributed by atoms with E-state index in [2.05, 4.69) is 10.6 Å². The van der Waals surface area contributed by atoms with Crippen molar-refractivity contribution in [3.05, 3.63) is 53.6 Å². The third kappa shape index (κ3) is 6.32. The summed E-state index contributed by atoms with van der Waals surface area (Å²) in [6.45, 7) is 8.31. The average Bonchev–Trinajstić information content (AvgIpc) is 2.65. The Morgan fingerprint density at radius 2 is 1.78 bits per heavy atom. The summed E-state index contributed by atoms with van der Waals surface area (Å²) < 4.78 is 5.37. The summed E-state index contributed by atoms with van der Waals surface area (Å²) in [6, 6.07) is 13.0. The molecule has 2 N–H and O–H groups in total. The van der Waals surface area contributed by atoms with Crippen LogP contribution in [0, 0.1) is 13.8 Å². The topological polar surface area (TPSA) is 67.4 Å². The minimum absolute atomic E-state index is 0.109. The number of hydrogen-bond donors (Lipinski definition) is 2. The van der Waals surface area contributed by atoms with Crippen LogP contribution in [0.3, 0.4) is 0 Å². The van der Waals surface area contributed by atoms with Crippen LogP contribution in [0.5, 0.6) is 5.75 Å². The molecular formula is C21H26N2O3S. The smallest absolute Gasteiger partial charge is 0.237 e. The van der Waals surface area contributed by atoms with Gasteiger partial charge in [-0.15, -0.1) is 11.8 Å². The maximum atomic E-state index is 12.4. The number of ether oxygens (including phenoxy) is 1. The molecule has 0 aliphatic heterocycles. The molecule has 0 heterocycles. The minimum Gasteiger partial charge on any atom is -0.494 e. The lowest BCUT2D eigenvalue weighted by Crippen LogP contribution is -2.25. The van der Waals surface area contributed by atoms with E-state index in [4.69, 9.17) is 4.74 Å². The van der Waals surface area contributed by atoms with E-state index >= 15 is 0 Å². The van der Waals surface area contributed by atoms with Gasteiger partial charge < -0.3 is 15.4 Å². The molecule has 0 saturated carbocycles. The second-order valence-corrected chi connectivity index (χ2v) is 7.52. The van der Waals surface area contributed by atoms with Gasteiger partial charge in [-0.3, -0.25) is 9.59 Å². The number of nitrogens with one attached hydrogen (secondary N) is 2. The summed E-state index contributed by atoms with van der Waals surface area (Å²) in [7, 11) is 0. The maximum absolute atomic E-state index is 12.4. The highest BCUT2D eigenvalue weighted by Crippen LogP contribution is 2.21. The Morgan fingerprint density at radius 3 is 2.44 bits per heavy atom. The van der Waals surface area contributed by atoms with Crippen molar-refractivity contribution in [1.29, 1.82) is 0 Å². The van der Waals surface area contributed by atoms with Crippen molar-refractivity contribution in [3.63, 3.8) is 0 Å². The zero-order chi connectivity index (χ0) is 19.8. The van der Waals surface area contributed by atoms with Gasteiger partial charge in [0.1, 0.15) is 5.75 Å². The largest absolute Gasteiger partial charge is 0.494 e. The van der Waals surface area contributed by atoms with Crippen molar-refractivity contribution >= 4 is 35.0 Å². The molecule has 27 heavy (non-hydrogen) atoms. The van der Waals surface area contributed by atoms with E-state index in [0.717, 1.165) is 22.6 Å². The van der Waals surface area contributed by atoms with Gasteiger partial charge in [0.15, 0.2) is 0 Å². The van der Waals surface area contributed by atoms with E-state index in [9.17, 15) is 9.59 Å². The van der Waals surface area contributed by atoms with Crippen LogP contribution in [-0.4, -0.2) is 29.4 Å². The molecule has 0 saturated heterocycles. The number of benzene rings is 2. The van der Waals surface area contributed by atoms with Crippen LogP contribution >= 0.6 is 11.8 Å². The molecule has 2 rings (SSSR count). The van der Waals surface area contributed by atoms with Gasteiger partial charge in [-0.25, -0.2) is 0 Å². The van der Waals surface area contributed by atoms with Crippen LogP contribution in [0.25, 0.3) is 0 Å². The minimum atomic E-state index is -0.337. The quantitative estimate of drug-likeness (QED) is 0.706. The lowest BCUT2D eigenvalue weighted by atomic mass is 10.1. The Morgan fingerprint density at radius 1 is 1.07 bits per heavy atom. The fraction of sp³-hybridized carbons (Fsp3) is 0.333. The summed E-state index contributed by atoms with van der Waals surface area (Å²) >= 11 is 1.30. The molecule has 0 bridgehead atoms. The SMILES string of the molecule is CCOc1ccc(NC(=O)CS[C@H](C)C(=O)Nc2cccc(C)c2C)cc1. The normalized spacial score (nSPS) is 11.6. The van der Waals surface area contributed by atoms with Crippen molar-refractivity contribution < 1.29 is 14.3 Å². The van der Waals surface area contributed by atoms with Crippen LogP contribution in [0.15, 0.2) is 42.5 Å². The Labute approximate surface area is 164 Å². The Bertz CT molecular complexity index is 791. The molecule has 144 valence electrons. The van der Waals surface area contributed by atoms with Gasteiger partial charge in [-0.05, 0) is 69.2 Å². The predicted octanol–water partition coefficient (Wildman–Crippen LogP) is 4.40. The highest BCUT2D eigenvalue weighted by molar-refractivity contribution is 8.01. The predicted molar refractivity (Wildman–Crippen MR) is 113 cm³/mol. The maximum Gasteiger partial charge on any atom is 0.237 e. The van der Waals surface area contributed by atoms with Crippen LogP contribution < -0.4 is 15.4 Å². The van der Waals surface area contributed by atoms with Crippen molar-refractivity contribution in [2.45, 2.75) is 32.9 Å².